The number of rotatable bonds is 11. The molecule has 0 aliphatic carbocycles. The molecule has 0 radical (unpaired) electrons. The van der Waals surface area contributed by atoms with Crippen LogP contribution in [0.25, 0.3) is 0 Å². The number of sulfonamides is 1. The Hall–Kier alpha value is -2.87. The maximum Gasteiger partial charge on any atom is 0.244 e. The van der Waals surface area contributed by atoms with Crippen molar-refractivity contribution in [3.05, 3.63) is 64.7 Å². The summed E-state index contributed by atoms with van der Waals surface area (Å²) in [5.74, 6) is -0.663. The lowest BCUT2D eigenvalue weighted by molar-refractivity contribution is -0.140. The van der Waals surface area contributed by atoms with Crippen LogP contribution in [0, 0.1) is 20.8 Å². The summed E-state index contributed by atoms with van der Waals surface area (Å²) in [5, 5.41) is 2.98. The second-order valence-electron chi connectivity index (χ2n) is 9.24. The third-order valence-corrected chi connectivity index (χ3v) is 7.47. The van der Waals surface area contributed by atoms with Crippen LogP contribution < -0.4 is 9.62 Å². The summed E-state index contributed by atoms with van der Waals surface area (Å²) < 4.78 is 26.7. The molecule has 8 heteroatoms. The summed E-state index contributed by atoms with van der Waals surface area (Å²) in [6, 6.07) is 12.4. The molecule has 0 unspecified atom stereocenters. The van der Waals surface area contributed by atoms with E-state index in [0.29, 0.717) is 12.1 Å². The van der Waals surface area contributed by atoms with Crippen LogP contribution in [0.4, 0.5) is 5.69 Å². The van der Waals surface area contributed by atoms with Gasteiger partial charge in [0.1, 0.15) is 12.6 Å². The van der Waals surface area contributed by atoms with E-state index in [2.05, 4.69) is 5.32 Å². The van der Waals surface area contributed by atoms with Gasteiger partial charge in [-0.05, 0) is 63.3 Å². The molecule has 7 nitrogen and oxygen atoms in total. The lowest BCUT2D eigenvalue weighted by Crippen LogP contribution is -2.53. The highest BCUT2D eigenvalue weighted by atomic mass is 32.2. The van der Waals surface area contributed by atoms with Gasteiger partial charge in [0.2, 0.25) is 21.8 Å². The molecule has 192 valence electrons. The summed E-state index contributed by atoms with van der Waals surface area (Å²) in [4.78, 5) is 28.4. The summed E-state index contributed by atoms with van der Waals surface area (Å²) in [7, 11) is -3.76. The average molecular weight is 502 g/mol. The number of hydrogen-bond acceptors (Lipinski definition) is 4. The molecule has 2 atom stereocenters. The fourth-order valence-electron chi connectivity index (χ4n) is 3.97. The van der Waals surface area contributed by atoms with Crippen LogP contribution in [0.5, 0.6) is 0 Å². The molecule has 2 amide bonds. The zero-order chi connectivity index (χ0) is 26.3. The van der Waals surface area contributed by atoms with Crippen LogP contribution in [0.2, 0.25) is 0 Å². The molecule has 0 saturated carbocycles. The van der Waals surface area contributed by atoms with Crippen LogP contribution in [0.3, 0.4) is 0 Å². The summed E-state index contributed by atoms with van der Waals surface area (Å²) >= 11 is 0. The first-order chi connectivity index (χ1) is 16.4. The number of aryl methyl sites for hydroxylation is 2. The fourth-order valence-corrected chi connectivity index (χ4v) is 4.87. The number of amides is 2. The van der Waals surface area contributed by atoms with Gasteiger partial charge >= 0.3 is 0 Å². The van der Waals surface area contributed by atoms with E-state index in [4.69, 9.17) is 0 Å². The molecule has 0 aliphatic heterocycles. The minimum Gasteiger partial charge on any atom is -0.352 e. The Labute approximate surface area is 210 Å². The molecule has 0 spiro atoms. The standard InChI is InChI=1S/C27H39N3O4S/c1-8-21(5)28-27(32)24(9-2)29(17-23-14-10-12-19(3)16-23)26(31)18-30(35(7,33)34)25-15-11-13-20(4)22(25)6/h10-16,21,24H,8-9,17-18H2,1-7H3,(H,28,32)/t21-,24+/m0/s1. The zero-order valence-electron chi connectivity index (χ0n) is 22.0. The number of nitrogens with one attached hydrogen (secondary N) is 1. The van der Waals surface area contributed by atoms with Crippen LogP contribution in [-0.4, -0.2) is 50.0 Å². The highest BCUT2D eigenvalue weighted by Gasteiger charge is 2.32. The highest BCUT2D eigenvalue weighted by molar-refractivity contribution is 7.92. The number of anilines is 1. The Kier molecular flexibility index (Phi) is 9.89. The Balaban J connectivity index is 2.49. The van der Waals surface area contributed by atoms with E-state index in [9.17, 15) is 18.0 Å². The van der Waals surface area contributed by atoms with Gasteiger partial charge in [0.15, 0.2) is 0 Å². The molecule has 1 N–H and O–H groups in total. The minimum atomic E-state index is -3.76. The molecule has 0 saturated heterocycles. The summed E-state index contributed by atoms with van der Waals surface area (Å²) in [6.45, 7) is 11.3. The Morgan fingerprint density at radius 3 is 2.23 bits per heavy atom. The van der Waals surface area contributed by atoms with Crippen LogP contribution in [-0.2, 0) is 26.2 Å². The molecule has 35 heavy (non-hydrogen) atoms. The van der Waals surface area contributed by atoms with E-state index in [1.807, 2.05) is 71.9 Å². The molecule has 2 aromatic rings. The van der Waals surface area contributed by atoms with E-state index in [-0.39, 0.29) is 25.0 Å². The van der Waals surface area contributed by atoms with Crippen molar-refractivity contribution in [2.45, 2.75) is 73.0 Å². The van der Waals surface area contributed by atoms with Crippen molar-refractivity contribution in [2.24, 2.45) is 0 Å². The number of nitrogens with zero attached hydrogens (tertiary/aromatic N) is 2. The second-order valence-corrected chi connectivity index (χ2v) is 11.1. The van der Waals surface area contributed by atoms with Crippen LogP contribution in [0.1, 0.15) is 55.9 Å². The third kappa shape index (κ3) is 7.56. The smallest absolute Gasteiger partial charge is 0.244 e. The monoisotopic (exact) mass is 501 g/mol. The van der Waals surface area contributed by atoms with E-state index >= 15 is 0 Å². The van der Waals surface area contributed by atoms with Gasteiger partial charge in [-0.25, -0.2) is 8.42 Å². The van der Waals surface area contributed by atoms with Gasteiger partial charge in [-0.1, -0.05) is 55.8 Å². The normalized spacial score (nSPS) is 13.1. The second kappa shape index (κ2) is 12.2. The largest absolute Gasteiger partial charge is 0.352 e. The van der Waals surface area contributed by atoms with Gasteiger partial charge in [0.05, 0.1) is 11.9 Å². The Morgan fingerprint density at radius 1 is 1.00 bits per heavy atom. The molecule has 0 aliphatic rings. The molecular weight excluding hydrogens is 462 g/mol. The minimum absolute atomic E-state index is 0.0325. The quantitative estimate of drug-likeness (QED) is 0.502. The van der Waals surface area contributed by atoms with Crippen molar-refractivity contribution in [3.63, 3.8) is 0 Å². The first kappa shape index (κ1) is 28.4. The Bertz CT molecular complexity index is 1150. The lowest BCUT2D eigenvalue weighted by Gasteiger charge is -2.33. The first-order valence-corrected chi connectivity index (χ1v) is 13.9. The number of hydrogen-bond donors (Lipinski definition) is 1. The number of carbonyl (C=O) groups excluding carboxylic acids is 2. The predicted octanol–water partition coefficient (Wildman–Crippen LogP) is 4.10. The lowest BCUT2D eigenvalue weighted by atomic mass is 10.1. The van der Waals surface area contributed by atoms with E-state index < -0.39 is 22.0 Å². The molecule has 0 bridgehead atoms. The molecular formula is C27H39N3O4S. The van der Waals surface area contributed by atoms with Crippen molar-refractivity contribution < 1.29 is 18.0 Å². The molecule has 0 fully saturated rings. The van der Waals surface area contributed by atoms with Gasteiger partial charge in [0, 0.05) is 12.6 Å². The number of benzene rings is 2. The van der Waals surface area contributed by atoms with Crippen molar-refractivity contribution in [1.82, 2.24) is 10.2 Å². The van der Waals surface area contributed by atoms with Crippen molar-refractivity contribution in [2.75, 3.05) is 17.1 Å². The molecule has 2 aromatic carbocycles. The maximum atomic E-state index is 13.8. The summed E-state index contributed by atoms with van der Waals surface area (Å²) in [5.41, 5.74) is 4.11. The fraction of sp³-hybridized carbons (Fsp3) is 0.481. The van der Waals surface area contributed by atoms with Crippen molar-refractivity contribution >= 4 is 27.5 Å². The molecule has 2 rings (SSSR count). The molecule has 0 aromatic heterocycles. The van der Waals surface area contributed by atoms with E-state index in [1.54, 1.807) is 12.1 Å². The van der Waals surface area contributed by atoms with E-state index in [0.717, 1.165) is 39.2 Å². The summed E-state index contributed by atoms with van der Waals surface area (Å²) in [6.07, 6.45) is 2.27. The zero-order valence-corrected chi connectivity index (χ0v) is 22.8. The van der Waals surface area contributed by atoms with Gasteiger partial charge in [0.25, 0.3) is 0 Å². The molecule has 0 heterocycles. The van der Waals surface area contributed by atoms with Gasteiger partial charge in [-0.2, -0.15) is 0 Å². The van der Waals surface area contributed by atoms with Gasteiger partial charge < -0.3 is 10.2 Å². The van der Waals surface area contributed by atoms with E-state index in [1.165, 1.54) is 4.90 Å². The SMILES string of the molecule is CC[C@H](C(=O)N[C@@H](C)CC)N(Cc1cccc(C)c1)C(=O)CN(c1cccc(C)c1C)S(C)(=O)=O. The average Bonchev–Trinajstić information content (AvgIpc) is 2.78. The maximum absolute atomic E-state index is 13.8. The van der Waals surface area contributed by atoms with Gasteiger partial charge in [-0.3, -0.25) is 13.9 Å². The van der Waals surface area contributed by atoms with Crippen LogP contribution >= 0.6 is 0 Å². The van der Waals surface area contributed by atoms with Gasteiger partial charge in [-0.15, -0.1) is 0 Å². The highest BCUT2D eigenvalue weighted by Crippen LogP contribution is 2.25. The van der Waals surface area contributed by atoms with Crippen LogP contribution in [0.15, 0.2) is 42.5 Å². The third-order valence-electron chi connectivity index (χ3n) is 6.35. The van der Waals surface area contributed by atoms with Crippen molar-refractivity contribution in [3.8, 4) is 0 Å². The first-order valence-electron chi connectivity index (χ1n) is 12.1. The Morgan fingerprint density at radius 2 is 1.66 bits per heavy atom. The van der Waals surface area contributed by atoms with Crippen molar-refractivity contribution in [1.29, 1.82) is 0 Å². The topological polar surface area (TPSA) is 86.8 Å². The number of carbonyl (C=O) groups is 2. The predicted molar refractivity (Wildman–Crippen MR) is 142 cm³/mol.